The molecule has 3 aromatic rings. The van der Waals surface area contributed by atoms with Gasteiger partial charge in [0.05, 0.1) is 31.5 Å². The van der Waals surface area contributed by atoms with Gasteiger partial charge in [-0.25, -0.2) is 9.37 Å². The van der Waals surface area contributed by atoms with Gasteiger partial charge in [0.1, 0.15) is 29.5 Å². The van der Waals surface area contributed by atoms with Gasteiger partial charge in [-0.15, -0.1) is 0 Å². The molecule has 1 aliphatic carbocycles. The minimum atomic E-state index is -1.32. The Kier molecular flexibility index (Phi) is 8.32. The Hall–Kier alpha value is -3.20. The lowest BCUT2D eigenvalue weighted by Crippen LogP contribution is -2.33. The second-order valence-electron chi connectivity index (χ2n) is 8.95. The number of methoxy groups -OCH3 is 2. The average molecular weight is 530 g/mol. The summed E-state index contributed by atoms with van der Waals surface area (Å²) in [5.41, 5.74) is 0.510. The third kappa shape index (κ3) is 5.56. The van der Waals surface area contributed by atoms with Crippen LogP contribution in [0.3, 0.4) is 0 Å². The molecule has 0 bridgehead atoms. The fraction of sp³-hybridized carbons (Fsp3) is 0.357. The molecule has 37 heavy (non-hydrogen) atoms. The topological polar surface area (TPSA) is 98.1 Å². The Morgan fingerprint density at radius 2 is 1.86 bits per heavy atom. The molecule has 1 heterocycles. The van der Waals surface area contributed by atoms with Crippen LogP contribution in [0.1, 0.15) is 41.7 Å². The van der Waals surface area contributed by atoms with Crippen LogP contribution in [0.5, 0.6) is 17.2 Å². The number of aliphatic hydroxyl groups excluding tert-OH is 1. The first-order valence-corrected chi connectivity index (χ1v) is 12.4. The molecule has 7 nitrogen and oxygen atoms in total. The maximum Gasteiger partial charge on any atom is 0.163 e. The van der Waals surface area contributed by atoms with Crippen LogP contribution in [0.25, 0.3) is 11.3 Å². The first-order chi connectivity index (χ1) is 17.8. The van der Waals surface area contributed by atoms with Crippen molar-refractivity contribution in [3.63, 3.8) is 0 Å². The SMILES string of the molecule is COc1cc(C(=O)C[C@@H]2CCCC2(O)c2ccc(OC)c(-c3ccc(F)c(Cl)c3)n2)ccc1OCCO. The number of nitrogens with zero attached hydrogens (tertiary/aromatic N) is 1. The number of benzene rings is 2. The summed E-state index contributed by atoms with van der Waals surface area (Å²) in [7, 11) is 2.98. The number of carbonyl (C=O) groups is 1. The zero-order valence-corrected chi connectivity index (χ0v) is 21.4. The summed E-state index contributed by atoms with van der Waals surface area (Å²) in [5, 5.41) is 20.7. The number of halogens is 2. The van der Waals surface area contributed by atoms with Gasteiger partial charge in [-0.05, 0) is 67.8 Å². The molecule has 1 fully saturated rings. The number of aliphatic hydroxyl groups is 2. The Morgan fingerprint density at radius 3 is 2.57 bits per heavy atom. The fourth-order valence-electron chi connectivity index (χ4n) is 4.83. The molecule has 1 aliphatic rings. The van der Waals surface area contributed by atoms with Crippen molar-refractivity contribution in [2.45, 2.75) is 31.3 Å². The van der Waals surface area contributed by atoms with Gasteiger partial charge in [0, 0.05) is 23.5 Å². The zero-order valence-electron chi connectivity index (χ0n) is 20.7. The van der Waals surface area contributed by atoms with Crippen LogP contribution in [-0.4, -0.2) is 48.4 Å². The number of hydrogen-bond donors (Lipinski definition) is 2. The second-order valence-corrected chi connectivity index (χ2v) is 9.36. The van der Waals surface area contributed by atoms with Gasteiger partial charge in [0.25, 0.3) is 0 Å². The molecule has 0 spiro atoms. The van der Waals surface area contributed by atoms with Crippen molar-refractivity contribution in [2.24, 2.45) is 5.92 Å². The first-order valence-electron chi connectivity index (χ1n) is 12.0. The van der Waals surface area contributed by atoms with E-state index < -0.39 is 11.4 Å². The molecule has 9 heteroatoms. The molecule has 2 atom stereocenters. The normalized spacial score (nSPS) is 19.0. The zero-order chi connectivity index (χ0) is 26.6. The maximum absolute atomic E-state index is 13.7. The smallest absolute Gasteiger partial charge is 0.163 e. The van der Waals surface area contributed by atoms with Crippen LogP contribution in [0.15, 0.2) is 48.5 Å². The van der Waals surface area contributed by atoms with E-state index in [1.807, 2.05) is 0 Å². The van der Waals surface area contributed by atoms with Crippen molar-refractivity contribution in [3.05, 3.63) is 70.6 Å². The van der Waals surface area contributed by atoms with Gasteiger partial charge in [-0.1, -0.05) is 11.6 Å². The molecule has 2 aromatic carbocycles. The number of ether oxygens (including phenoxy) is 3. The number of rotatable bonds is 10. The van der Waals surface area contributed by atoms with Crippen LogP contribution in [0, 0.1) is 11.7 Å². The summed E-state index contributed by atoms with van der Waals surface area (Å²) in [5.74, 6) is 0.231. The van der Waals surface area contributed by atoms with Crippen LogP contribution < -0.4 is 14.2 Å². The lowest BCUT2D eigenvalue weighted by molar-refractivity contribution is -0.00807. The van der Waals surface area contributed by atoms with Gasteiger partial charge >= 0.3 is 0 Å². The monoisotopic (exact) mass is 529 g/mol. The highest BCUT2D eigenvalue weighted by atomic mass is 35.5. The van der Waals surface area contributed by atoms with Crippen molar-refractivity contribution in [2.75, 3.05) is 27.4 Å². The first kappa shape index (κ1) is 26.9. The Balaban J connectivity index is 1.61. The highest BCUT2D eigenvalue weighted by Crippen LogP contribution is 2.46. The van der Waals surface area contributed by atoms with Crippen molar-refractivity contribution in [1.82, 2.24) is 4.98 Å². The second kappa shape index (κ2) is 11.5. The van der Waals surface area contributed by atoms with Crippen molar-refractivity contribution in [1.29, 1.82) is 0 Å². The molecule has 1 saturated carbocycles. The highest BCUT2D eigenvalue weighted by Gasteiger charge is 2.45. The number of hydrogen-bond acceptors (Lipinski definition) is 7. The third-order valence-corrected chi connectivity index (χ3v) is 7.06. The third-order valence-electron chi connectivity index (χ3n) is 6.77. The lowest BCUT2D eigenvalue weighted by Gasteiger charge is -2.30. The van der Waals surface area contributed by atoms with Crippen LogP contribution >= 0.6 is 11.6 Å². The number of pyridine rings is 1. The number of carbonyl (C=O) groups excluding carboxylic acids is 1. The fourth-order valence-corrected chi connectivity index (χ4v) is 5.01. The summed E-state index contributed by atoms with van der Waals surface area (Å²) in [6.45, 7) is -0.0286. The molecule has 196 valence electrons. The number of ketones is 1. The lowest BCUT2D eigenvalue weighted by atomic mass is 9.82. The Labute approximate surface area is 219 Å². The summed E-state index contributed by atoms with van der Waals surface area (Å²) < 4.78 is 30.0. The molecular weight excluding hydrogens is 501 g/mol. The minimum Gasteiger partial charge on any atom is -0.494 e. The summed E-state index contributed by atoms with van der Waals surface area (Å²) >= 11 is 5.99. The summed E-state index contributed by atoms with van der Waals surface area (Å²) in [4.78, 5) is 17.9. The average Bonchev–Trinajstić information content (AvgIpc) is 3.29. The van der Waals surface area contributed by atoms with E-state index in [4.69, 9.17) is 35.9 Å². The quantitative estimate of drug-likeness (QED) is 0.349. The number of aromatic nitrogens is 1. The Morgan fingerprint density at radius 1 is 1.11 bits per heavy atom. The highest BCUT2D eigenvalue weighted by molar-refractivity contribution is 6.31. The van der Waals surface area contributed by atoms with Crippen LogP contribution in [0.4, 0.5) is 4.39 Å². The maximum atomic E-state index is 13.7. The molecule has 0 aliphatic heterocycles. The van der Waals surface area contributed by atoms with E-state index in [1.54, 1.807) is 36.4 Å². The van der Waals surface area contributed by atoms with Crippen LogP contribution in [-0.2, 0) is 5.60 Å². The molecule has 4 rings (SSSR count). The molecule has 1 unspecified atom stereocenters. The van der Waals surface area contributed by atoms with Gasteiger partial charge in [0.15, 0.2) is 17.3 Å². The van der Waals surface area contributed by atoms with E-state index in [2.05, 4.69) is 0 Å². The van der Waals surface area contributed by atoms with Crippen molar-refractivity contribution < 1.29 is 33.6 Å². The molecule has 0 saturated heterocycles. The predicted molar refractivity (Wildman–Crippen MR) is 137 cm³/mol. The van der Waals surface area contributed by atoms with Gasteiger partial charge < -0.3 is 24.4 Å². The molecule has 0 amide bonds. The van der Waals surface area contributed by atoms with E-state index in [1.165, 1.54) is 26.4 Å². The van der Waals surface area contributed by atoms with E-state index in [0.29, 0.717) is 52.6 Å². The van der Waals surface area contributed by atoms with E-state index in [0.717, 1.165) is 6.42 Å². The molecule has 0 radical (unpaired) electrons. The molecule has 2 N–H and O–H groups in total. The van der Waals surface area contributed by atoms with E-state index in [-0.39, 0.29) is 36.4 Å². The molecule has 1 aromatic heterocycles. The van der Waals surface area contributed by atoms with Gasteiger partial charge in [0.2, 0.25) is 0 Å². The van der Waals surface area contributed by atoms with E-state index >= 15 is 0 Å². The number of Topliss-reactive ketones (excluding diaryl/α,β-unsaturated/α-hetero) is 1. The summed E-state index contributed by atoms with van der Waals surface area (Å²) in [6.07, 6.45) is 1.95. The predicted octanol–water partition coefficient (Wildman–Crippen LogP) is 5.19. The van der Waals surface area contributed by atoms with Crippen LogP contribution in [0.2, 0.25) is 5.02 Å². The molecular formula is C28H29ClFNO6. The summed E-state index contributed by atoms with van der Waals surface area (Å²) in [6, 6.07) is 12.6. The van der Waals surface area contributed by atoms with Crippen molar-refractivity contribution in [3.8, 4) is 28.5 Å². The van der Waals surface area contributed by atoms with Gasteiger partial charge in [-0.3, -0.25) is 4.79 Å². The minimum absolute atomic E-state index is 0.0435. The van der Waals surface area contributed by atoms with E-state index in [9.17, 15) is 14.3 Å². The standard InChI is InChI=1S/C28H29ClFNO6/c1-35-24-9-10-26(31-27(24)18-5-7-21(30)20(29)14-18)28(34)11-3-4-19(28)16-22(33)17-6-8-23(37-13-12-32)25(15-17)36-2/h5-10,14-15,19,32,34H,3-4,11-13,16H2,1-2H3/t19-,28?/m0/s1. The Bertz CT molecular complexity index is 1290. The van der Waals surface area contributed by atoms with Gasteiger partial charge in [-0.2, -0.15) is 0 Å². The van der Waals surface area contributed by atoms with Crippen molar-refractivity contribution >= 4 is 17.4 Å². The largest absolute Gasteiger partial charge is 0.494 e.